The van der Waals surface area contributed by atoms with E-state index in [2.05, 4.69) is 36.8 Å². The molecular formula is C12H8Br2N2O3. The van der Waals surface area contributed by atoms with Crippen LogP contribution in [0.3, 0.4) is 0 Å². The van der Waals surface area contributed by atoms with Crippen LogP contribution >= 0.6 is 31.9 Å². The van der Waals surface area contributed by atoms with E-state index in [-0.39, 0.29) is 5.69 Å². The van der Waals surface area contributed by atoms with Gasteiger partial charge in [-0.25, -0.2) is 4.98 Å². The van der Waals surface area contributed by atoms with E-state index in [1.54, 1.807) is 12.3 Å². The van der Waals surface area contributed by atoms with Gasteiger partial charge in [0.1, 0.15) is 5.75 Å². The molecule has 0 radical (unpaired) electrons. The molecule has 5 nitrogen and oxygen atoms in total. The quantitative estimate of drug-likeness (QED) is 0.569. The number of nitrogens with zero attached hydrogens (tertiary/aromatic N) is 2. The van der Waals surface area contributed by atoms with Gasteiger partial charge in [0.25, 0.3) is 5.69 Å². The van der Waals surface area contributed by atoms with Crippen LogP contribution in [-0.2, 0) is 0 Å². The van der Waals surface area contributed by atoms with Crippen LogP contribution in [0.5, 0.6) is 11.6 Å². The zero-order valence-corrected chi connectivity index (χ0v) is 12.9. The molecule has 1 heterocycles. The van der Waals surface area contributed by atoms with E-state index in [0.29, 0.717) is 20.6 Å². The van der Waals surface area contributed by atoms with Gasteiger partial charge in [-0.3, -0.25) is 10.1 Å². The van der Waals surface area contributed by atoms with Gasteiger partial charge in [0, 0.05) is 16.7 Å². The minimum Gasteiger partial charge on any atom is -0.438 e. The average molecular weight is 388 g/mol. The summed E-state index contributed by atoms with van der Waals surface area (Å²) < 4.78 is 6.80. The van der Waals surface area contributed by atoms with Crippen LogP contribution in [0.4, 0.5) is 5.69 Å². The summed E-state index contributed by atoms with van der Waals surface area (Å²) in [6, 6.07) is 6.25. The Labute approximate surface area is 126 Å². The Morgan fingerprint density at radius 2 is 2.00 bits per heavy atom. The number of benzene rings is 1. The van der Waals surface area contributed by atoms with Crippen LogP contribution in [0.1, 0.15) is 5.56 Å². The molecular weight excluding hydrogens is 380 g/mol. The Hall–Kier alpha value is -1.47. The molecule has 0 spiro atoms. The number of rotatable bonds is 3. The first-order valence-electron chi connectivity index (χ1n) is 5.20. The number of aromatic nitrogens is 1. The molecule has 0 unspecified atom stereocenters. The lowest BCUT2D eigenvalue weighted by molar-refractivity contribution is -0.385. The smallest absolute Gasteiger partial charge is 0.274 e. The standard InChI is InChI=1S/C12H8Br2N2O3/c1-7-2-11(14)12(15-6-7)19-10-4-8(13)3-9(5-10)16(17)18/h2-6H,1H3. The normalized spacial score (nSPS) is 10.3. The van der Waals surface area contributed by atoms with Crippen molar-refractivity contribution in [2.24, 2.45) is 0 Å². The van der Waals surface area contributed by atoms with Gasteiger partial charge in [-0.1, -0.05) is 15.9 Å². The minimum atomic E-state index is -0.477. The third-order valence-corrected chi connectivity index (χ3v) is 3.25. The van der Waals surface area contributed by atoms with E-state index in [4.69, 9.17) is 4.74 Å². The topological polar surface area (TPSA) is 65.3 Å². The van der Waals surface area contributed by atoms with Gasteiger partial charge in [-0.05, 0) is 40.5 Å². The molecule has 0 saturated carbocycles. The number of aryl methyl sites for hydroxylation is 1. The van der Waals surface area contributed by atoms with Crippen molar-refractivity contribution in [2.45, 2.75) is 6.92 Å². The van der Waals surface area contributed by atoms with Crippen LogP contribution in [0.2, 0.25) is 0 Å². The Balaban J connectivity index is 2.35. The average Bonchev–Trinajstić information content (AvgIpc) is 2.32. The van der Waals surface area contributed by atoms with Gasteiger partial charge >= 0.3 is 0 Å². The van der Waals surface area contributed by atoms with Crippen molar-refractivity contribution in [1.82, 2.24) is 4.98 Å². The zero-order chi connectivity index (χ0) is 14.0. The Bertz CT molecular complexity index is 647. The lowest BCUT2D eigenvalue weighted by Gasteiger charge is -2.07. The fourth-order valence-corrected chi connectivity index (χ4v) is 2.42. The SMILES string of the molecule is Cc1cnc(Oc2cc(Br)cc([N+](=O)[O-])c2)c(Br)c1. The van der Waals surface area contributed by atoms with E-state index in [1.165, 1.54) is 12.1 Å². The Morgan fingerprint density at radius 3 is 2.63 bits per heavy atom. The summed E-state index contributed by atoms with van der Waals surface area (Å²) in [5.41, 5.74) is 0.937. The first kappa shape index (κ1) is 14.0. The van der Waals surface area contributed by atoms with Gasteiger partial charge in [0.15, 0.2) is 0 Å². The van der Waals surface area contributed by atoms with Crippen molar-refractivity contribution in [3.63, 3.8) is 0 Å². The number of pyridine rings is 1. The lowest BCUT2D eigenvalue weighted by Crippen LogP contribution is -1.93. The summed E-state index contributed by atoms with van der Waals surface area (Å²) in [7, 11) is 0. The molecule has 0 aliphatic rings. The molecule has 0 fully saturated rings. The molecule has 0 aliphatic heterocycles. The maximum Gasteiger partial charge on any atom is 0.274 e. The summed E-state index contributed by atoms with van der Waals surface area (Å²) in [6.07, 6.45) is 1.66. The fraction of sp³-hybridized carbons (Fsp3) is 0.0833. The van der Waals surface area contributed by atoms with Gasteiger partial charge in [0.2, 0.25) is 5.88 Å². The monoisotopic (exact) mass is 386 g/mol. The molecule has 0 bridgehead atoms. The molecule has 19 heavy (non-hydrogen) atoms. The summed E-state index contributed by atoms with van der Waals surface area (Å²) in [5.74, 6) is 0.705. The van der Waals surface area contributed by atoms with Crippen LogP contribution < -0.4 is 4.74 Å². The fourth-order valence-electron chi connectivity index (χ4n) is 1.42. The van der Waals surface area contributed by atoms with E-state index >= 15 is 0 Å². The zero-order valence-electron chi connectivity index (χ0n) is 9.76. The second-order valence-corrected chi connectivity index (χ2v) is 5.57. The molecule has 2 rings (SSSR count). The van der Waals surface area contributed by atoms with Crippen molar-refractivity contribution in [2.75, 3.05) is 0 Å². The van der Waals surface area contributed by atoms with E-state index < -0.39 is 4.92 Å². The van der Waals surface area contributed by atoms with Crippen molar-refractivity contribution in [3.05, 3.63) is 55.1 Å². The second kappa shape index (κ2) is 5.66. The molecule has 0 aliphatic carbocycles. The van der Waals surface area contributed by atoms with E-state index in [0.717, 1.165) is 5.56 Å². The first-order valence-corrected chi connectivity index (χ1v) is 6.79. The number of nitro benzene ring substituents is 1. The molecule has 1 aromatic carbocycles. The second-order valence-electron chi connectivity index (χ2n) is 3.80. The summed E-state index contributed by atoms with van der Waals surface area (Å²) in [6.45, 7) is 1.91. The van der Waals surface area contributed by atoms with Crippen LogP contribution in [0.15, 0.2) is 39.4 Å². The Kier molecular flexibility index (Phi) is 4.16. The Morgan fingerprint density at radius 1 is 1.26 bits per heavy atom. The maximum atomic E-state index is 10.8. The van der Waals surface area contributed by atoms with Gasteiger partial charge in [-0.2, -0.15) is 0 Å². The number of ether oxygens (including phenoxy) is 1. The molecule has 1 aromatic heterocycles. The van der Waals surface area contributed by atoms with Gasteiger partial charge in [0.05, 0.1) is 15.5 Å². The highest BCUT2D eigenvalue weighted by Gasteiger charge is 2.12. The molecule has 0 saturated heterocycles. The summed E-state index contributed by atoms with van der Waals surface area (Å²) in [4.78, 5) is 14.4. The van der Waals surface area contributed by atoms with Crippen LogP contribution in [-0.4, -0.2) is 9.91 Å². The van der Waals surface area contributed by atoms with Crippen molar-refractivity contribution in [1.29, 1.82) is 0 Å². The number of non-ortho nitro benzene ring substituents is 1. The highest BCUT2D eigenvalue weighted by atomic mass is 79.9. The van der Waals surface area contributed by atoms with Crippen molar-refractivity contribution < 1.29 is 9.66 Å². The molecule has 98 valence electrons. The molecule has 0 N–H and O–H groups in total. The lowest BCUT2D eigenvalue weighted by atomic mass is 10.3. The van der Waals surface area contributed by atoms with Crippen molar-refractivity contribution in [3.8, 4) is 11.6 Å². The predicted octanol–water partition coefficient (Wildman–Crippen LogP) is 4.62. The largest absolute Gasteiger partial charge is 0.438 e. The van der Waals surface area contributed by atoms with Crippen molar-refractivity contribution >= 4 is 37.5 Å². The minimum absolute atomic E-state index is 0.0485. The third kappa shape index (κ3) is 3.51. The maximum absolute atomic E-state index is 10.8. The number of halogens is 2. The van der Waals surface area contributed by atoms with Crippen LogP contribution in [0, 0.1) is 17.0 Å². The number of hydrogen-bond acceptors (Lipinski definition) is 4. The highest BCUT2D eigenvalue weighted by molar-refractivity contribution is 9.10. The molecule has 2 aromatic rings. The number of hydrogen-bond donors (Lipinski definition) is 0. The van der Waals surface area contributed by atoms with Gasteiger partial charge < -0.3 is 4.74 Å². The highest BCUT2D eigenvalue weighted by Crippen LogP contribution is 2.32. The molecule has 0 amide bonds. The van der Waals surface area contributed by atoms with Gasteiger partial charge in [-0.15, -0.1) is 0 Å². The van der Waals surface area contributed by atoms with Crippen LogP contribution in [0.25, 0.3) is 0 Å². The molecule has 0 atom stereocenters. The summed E-state index contributed by atoms with van der Waals surface area (Å²) in [5, 5.41) is 10.8. The number of nitro groups is 1. The first-order chi connectivity index (χ1) is 8.95. The third-order valence-electron chi connectivity index (χ3n) is 2.23. The molecule has 7 heteroatoms. The summed E-state index contributed by atoms with van der Waals surface area (Å²) >= 11 is 6.55. The van der Waals surface area contributed by atoms with E-state index in [1.807, 2.05) is 13.0 Å². The van der Waals surface area contributed by atoms with E-state index in [9.17, 15) is 10.1 Å². The predicted molar refractivity (Wildman–Crippen MR) is 77.5 cm³/mol.